The average Bonchev–Trinajstić information content (AvgIpc) is 3.07. The van der Waals surface area contributed by atoms with Gasteiger partial charge < -0.3 is 14.6 Å². The Balaban J connectivity index is 1.43. The molecule has 4 rings (SSSR count). The second kappa shape index (κ2) is 8.01. The lowest BCUT2D eigenvalue weighted by molar-refractivity contribution is 0.0852. The second-order valence-corrected chi connectivity index (χ2v) is 8.21. The summed E-state index contributed by atoms with van der Waals surface area (Å²) in [7, 11) is 0. The Hall–Kier alpha value is -1.52. The number of piperidine rings is 1. The number of hydrogen-bond acceptors (Lipinski definition) is 3. The van der Waals surface area contributed by atoms with Gasteiger partial charge in [0.25, 0.3) is 5.91 Å². The second-order valence-electron chi connectivity index (χ2n) is 7.78. The van der Waals surface area contributed by atoms with Gasteiger partial charge in [-0.2, -0.15) is 0 Å². The maximum absolute atomic E-state index is 12.8. The van der Waals surface area contributed by atoms with Gasteiger partial charge in [0.05, 0.1) is 0 Å². The van der Waals surface area contributed by atoms with Gasteiger partial charge in [-0.1, -0.05) is 30.9 Å². The molecule has 2 aromatic rings. The number of fused-ring (bicyclic) bond motifs is 1. The predicted molar refractivity (Wildman–Crippen MR) is 105 cm³/mol. The minimum Gasteiger partial charge on any atom is -0.451 e. The zero-order valence-electron chi connectivity index (χ0n) is 15.2. The maximum atomic E-state index is 12.8. The van der Waals surface area contributed by atoms with E-state index in [9.17, 15) is 4.79 Å². The van der Waals surface area contributed by atoms with Crippen LogP contribution in [0.15, 0.2) is 28.7 Å². The number of hydrogen-bond donors (Lipinski definition) is 1. The third-order valence-electron chi connectivity index (χ3n) is 5.87. The summed E-state index contributed by atoms with van der Waals surface area (Å²) in [4.78, 5) is 15.3. The molecule has 140 valence electrons. The third kappa shape index (κ3) is 4.07. The van der Waals surface area contributed by atoms with Gasteiger partial charge in [0.15, 0.2) is 5.76 Å². The van der Waals surface area contributed by atoms with E-state index in [0.717, 1.165) is 18.4 Å². The molecule has 0 bridgehead atoms. The number of benzene rings is 1. The van der Waals surface area contributed by atoms with Gasteiger partial charge in [-0.25, -0.2) is 0 Å². The Morgan fingerprint density at radius 1 is 1.12 bits per heavy atom. The number of likely N-dealkylation sites (tertiary alicyclic amines) is 1. The molecule has 1 aromatic carbocycles. The normalized spacial score (nSPS) is 24.7. The summed E-state index contributed by atoms with van der Waals surface area (Å²) in [6.07, 6.45) is 8.71. The van der Waals surface area contributed by atoms with Crippen LogP contribution in [0.4, 0.5) is 0 Å². The number of nitrogens with one attached hydrogen (secondary N) is 1. The predicted octanol–water partition coefficient (Wildman–Crippen LogP) is 4.86. The van der Waals surface area contributed by atoms with Crippen LogP contribution in [-0.4, -0.2) is 36.5 Å². The number of halogens is 1. The largest absolute Gasteiger partial charge is 0.451 e. The molecule has 1 N–H and O–H groups in total. The van der Waals surface area contributed by atoms with Crippen molar-refractivity contribution in [2.24, 2.45) is 5.92 Å². The fraction of sp³-hybridized carbons (Fsp3) is 0.571. The molecule has 2 fully saturated rings. The van der Waals surface area contributed by atoms with Crippen molar-refractivity contribution in [2.75, 3.05) is 19.6 Å². The highest BCUT2D eigenvalue weighted by Crippen LogP contribution is 2.28. The number of amides is 1. The molecule has 4 nitrogen and oxygen atoms in total. The molecular formula is C21H27ClN2O2. The summed E-state index contributed by atoms with van der Waals surface area (Å²) in [6, 6.07) is 7.46. The van der Waals surface area contributed by atoms with Crippen LogP contribution in [-0.2, 0) is 0 Å². The van der Waals surface area contributed by atoms with Crippen molar-refractivity contribution in [1.82, 2.24) is 10.2 Å². The van der Waals surface area contributed by atoms with Crippen molar-refractivity contribution in [3.8, 4) is 0 Å². The monoisotopic (exact) mass is 374 g/mol. The lowest BCUT2D eigenvalue weighted by Crippen LogP contribution is -2.47. The molecule has 2 atom stereocenters. The first-order valence-electron chi connectivity index (χ1n) is 9.91. The Kier molecular flexibility index (Phi) is 5.51. The van der Waals surface area contributed by atoms with Gasteiger partial charge >= 0.3 is 0 Å². The first-order valence-corrected chi connectivity index (χ1v) is 10.3. The van der Waals surface area contributed by atoms with Gasteiger partial charge in [0, 0.05) is 23.0 Å². The topological polar surface area (TPSA) is 45.5 Å². The van der Waals surface area contributed by atoms with Gasteiger partial charge in [0.1, 0.15) is 5.58 Å². The summed E-state index contributed by atoms with van der Waals surface area (Å²) in [5.41, 5.74) is 0.702. The Morgan fingerprint density at radius 3 is 2.77 bits per heavy atom. The van der Waals surface area contributed by atoms with E-state index in [1.54, 1.807) is 12.1 Å². The van der Waals surface area contributed by atoms with Crippen LogP contribution < -0.4 is 5.32 Å². The van der Waals surface area contributed by atoms with E-state index in [4.69, 9.17) is 16.0 Å². The minimum atomic E-state index is -0.104. The van der Waals surface area contributed by atoms with E-state index in [2.05, 4.69) is 10.2 Å². The third-order valence-corrected chi connectivity index (χ3v) is 6.10. The van der Waals surface area contributed by atoms with Gasteiger partial charge in [-0.05, 0) is 69.0 Å². The maximum Gasteiger partial charge on any atom is 0.287 e. The lowest BCUT2D eigenvalue weighted by Gasteiger charge is -2.37. The van der Waals surface area contributed by atoms with Crippen LogP contribution in [0.2, 0.25) is 5.02 Å². The molecular weight excluding hydrogens is 348 g/mol. The van der Waals surface area contributed by atoms with Crippen LogP contribution >= 0.6 is 11.6 Å². The first kappa shape index (κ1) is 17.9. The van der Waals surface area contributed by atoms with Crippen LogP contribution in [0, 0.1) is 5.92 Å². The average molecular weight is 375 g/mol. The standard InChI is InChI=1S/C21H27ClN2O2/c22-17-8-9-19-16(12-17)13-20(26-19)21(25)23-18-7-3-2-6-15(18)14-24-10-4-1-5-11-24/h8-9,12-13,15,18H,1-7,10-11,14H2,(H,23,25)/t15-,18+/m0/s1. The van der Waals surface area contributed by atoms with Crippen LogP contribution in [0.25, 0.3) is 11.0 Å². The molecule has 0 unspecified atom stereocenters. The SMILES string of the molecule is O=C(N[C@@H]1CCCC[C@H]1CN1CCCCC1)c1cc2cc(Cl)ccc2o1. The van der Waals surface area contributed by atoms with E-state index in [0.29, 0.717) is 22.3 Å². The highest BCUT2D eigenvalue weighted by atomic mass is 35.5. The van der Waals surface area contributed by atoms with Crippen molar-refractivity contribution in [3.63, 3.8) is 0 Å². The molecule has 0 spiro atoms. The van der Waals surface area contributed by atoms with E-state index in [1.807, 2.05) is 12.1 Å². The zero-order valence-corrected chi connectivity index (χ0v) is 15.9. The lowest BCUT2D eigenvalue weighted by atomic mass is 9.83. The van der Waals surface area contributed by atoms with E-state index in [-0.39, 0.29) is 11.9 Å². The molecule has 1 aliphatic heterocycles. The molecule has 0 radical (unpaired) electrons. The van der Waals surface area contributed by atoms with Crippen LogP contribution in [0.3, 0.4) is 0 Å². The number of rotatable bonds is 4. The summed E-state index contributed by atoms with van der Waals surface area (Å²) >= 11 is 6.03. The molecule has 5 heteroatoms. The molecule has 1 aromatic heterocycles. The summed E-state index contributed by atoms with van der Waals surface area (Å²) in [5.74, 6) is 0.821. The zero-order chi connectivity index (χ0) is 17.9. The van der Waals surface area contributed by atoms with Crippen molar-refractivity contribution < 1.29 is 9.21 Å². The molecule has 1 saturated carbocycles. The number of nitrogens with zero attached hydrogens (tertiary/aromatic N) is 1. The number of carbonyl (C=O) groups is 1. The van der Waals surface area contributed by atoms with Crippen LogP contribution in [0.5, 0.6) is 0 Å². The first-order chi connectivity index (χ1) is 12.7. The molecule has 1 saturated heterocycles. The molecule has 1 amide bonds. The Morgan fingerprint density at radius 2 is 1.92 bits per heavy atom. The molecule has 2 heterocycles. The van der Waals surface area contributed by atoms with Crippen molar-refractivity contribution in [3.05, 3.63) is 35.0 Å². The Labute approximate surface area is 159 Å². The fourth-order valence-corrected chi connectivity index (χ4v) is 4.64. The van der Waals surface area contributed by atoms with Gasteiger partial charge in [0.2, 0.25) is 0 Å². The summed E-state index contributed by atoms with van der Waals surface area (Å²) in [6.45, 7) is 3.53. The van der Waals surface area contributed by atoms with Crippen molar-refractivity contribution in [2.45, 2.75) is 51.0 Å². The summed E-state index contributed by atoms with van der Waals surface area (Å²) in [5, 5.41) is 4.78. The highest BCUT2D eigenvalue weighted by Gasteiger charge is 2.29. The molecule has 2 aliphatic rings. The van der Waals surface area contributed by atoms with Crippen LogP contribution in [0.1, 0.15) is 55.5 Å². The quantitative estimate of drug-likeness (QED) is 0.831. The number of carbonyl (C=O) groups excluding carboxylic acids is 1. The Bertz CT molecular complexity index is 766. The molecule has 1 aliphatic carbocycles. The minimum absolute atomic E-state index is 0.104. The fourth-order valence-electron chi connectivity index (χ4n) is 4.46. The van der Waals surface area contributed by atoms with Crippen molar-refractivity contribution >= 4 is 28.5 Å². The molecule has 26 heavy (non-hydrogen) atoms. The smallest absolute Gasteiger partial charge is 0.287 e. The highest BCUT2D eigenvalue weighted by molar-refractivity contribution is 6.31. The van der Waals surface area contributed by atoms with E-state index in [1.165, 1.54) is 51.6 Å². The number of furan rings is 1. The van der Waals surface area contributed by atoms with Gasteiger partial charge in [-0.15, -0.1) is 0 Å². The summed E-state index contributed by atoms with van der Waals surface area (Å²) < 4.78 is 5.73. The van der Waals surface area contributed by atoms with E-state index < -0.39 is 0 Å². The van der Waals surface area contributed by atoms with Crippen molar-refractivity contribution in [1.29, 1.82) is 0 Å². The van der Waals surface area contributed by atoms with Gasteiger partial charge in [-0.3, -0.25) is 4.79 Å². The van der Waals surface area contributed by atoms with E-state index >= 15 is 0 Å².